The molecule has 25 heavy (non-hydrogen) atoms. The van der Waals surface area contributed by atoms with Gasteiger partial charge in [0.05, 0.1) is 30.8 Å². The number of methoxy groups -OCH3 is 1. The Bertz CT molecular complexity index is 665. The molecule has 0 N–H and O–H groups in total. The van der Waals surface area contributed by atoms with Crippen LogP contribution in [0.2, 0.25) is 0 Å². The van der Waals surface area contributed by atoms with Gasteiger partial charge < -0.3 is 9.64 Å². The highest BCUT2D eigenvalue weighted by atomic mass is 16.5. The van der Waals surface area contributed by atoms with Gasteiger partial charge in [0.15, 0.2) is 0 Å². The third-order valence-corrected chi connectivity index (χ3v) is 4.96. The van der Waals surface area contributed by atoms with Crippen molar-refractivity contribution < 1.29 is 19.1 Å². The van der Waals surface area contributed by atoms with Crippen LogP contribution in [0.25, 0.3) is 0 Å². The highest BCUT2D eigenvalue weighted by molar-refractivity contribution is 6.22. The van der Waals surface area contributed by atoms with Crippen molar-refractivity contribution in [2.75, 3.05) is 44.7 Å². The Kier molecular flexibility index (Phi) is 5.15. The summed E-state index contributed by atoms with van der Waals surface area (Å²) in [5.41, 5.74) is 0.884. The van der Waals surface area contributed by atoms with Crippen LogP contribution in [-0.2, 0) is 14.3 Å². The van der Waals surface area contributed by atoms with E-state index in [0.717, 1.165) is 32.7 Å². The number of likely N-dealkylation sites (N-methyl/N-ethyl adjacent to an activating group) is 1. The highest BCUT2D eigenvalue weighted by Crippen LogP contribution is 2.26. The molecule has 0 radical (unpaired) electrons. The number of carbonyl (C=O) groups excluding carboxylic acids is 3. The summed E-state index contributed by atoms with van der Waals surface area (Å²) in [6.07, 6.45) is 0.212. The minimum absolute atomic E-state index is 0.180. The number of amides is 2. The summed E-state index contributed by atoms with van der Waals surface area (Å²) in [6.45, 7) is 6.56. The van der Waals surface area contributed by atoms with Crippen LogP contribution in [0.4, 0.5) is 5.69 Å². The summed E-state index contributed by atoms with van der Waals surface area (Å²) in [5, 5.41) is 0. The maximum absolute atomic E-state index is 12.8. The second-order valence-electron chi connectivity index (χ2n) is 6.30. The van der Waals surface area contributed by atoms with E-state index >= 15 is 0 Å². The van der Waals surface area contributed by atoms with E-state index in [1.807, 2.05) is 0 Å². The first-order valence-electron chi connectivity index (χ1n) is 8.56. The molecule has 2 saturated heterocycles. The summed E-state index contributed by atoms with van der Waals surface area (Å²) in [5.74, 6) is -0.822. The molecule has 1 atom stereocenters. The molecule has 2 amide bonds. The third-order valence-electron chi connectivity index (χ3n) is 4.96. The molecule has 1 aromatic rings. The summed E-state index contributed by atoms with van der Waals surface area (Å²) < 4.78 is 4.66. The summed E-state index contributed by atoms with van der Waals surface area (Å²) >= 11 is 0. The lowest BCUT2D eigenvalue weighted by molar-refractivity contribution is -0.123. The maximum Gasteiger partial charge on any atom is 0.337 e. The molecule has 0 spiro atoms. The zero-order valence-electron chi connectivity index (χ0n) is 14.6. The van der Waals surface area contributed by atoms with Gasteiger partial charge in [-0.1, -0.05) is 6.92 Å². The van der Waals surface area contributed by atoms with E-state index in [0.29, 0.717) is 11.3 Å². The van der Waals surface area contributed by atoms with E-state index < -0.39 is 5.97 Å². The lowest BCUT2D eigenvalue weighted by atomic mass is 10.1. The topological polar surface area (TPSA) is 70.2 Å². The van der Waals surface area contributed by atoms with Gasteiger partial charge in [0.1, 0.15) is 0 Å². The largest absolute Gasteiger partial charge is 0.465 e. The Morgan fingerprint density at radius 2 is 1.76 bits per heavy atom. The summed E-state index contributed by atoms with van der Waals surface area (Å²) in [7, 11) is 1.31. The fourth-order valence-electron chi connectivity index (χ4n) is 3.43. The molecule has 134 valence electrons. The fraction of sp³-hybridized carbons (Fsp3) is 0.500. The normalized spacial score (nSPS) is 22.5. The van der Waals surface area contributed by atoms with Crippen LogP contribution >= 0.6 is 0 Å². The molecule has 3 rings (SSSR count). The molecule has 0 saturated carbocycles. The third kappa shape index (κ3) is 3.43. The van der Waals surface area contributed by atoms with E-state index in [1.54, 1.807) is 24.3 Å². The molecule has 7 nitrogen and oxygen atoms in total. The van der Waals surface area contributed by atoms with Crippen LogP contribution < -0.4 is 4.90 Å². The first-order valence-corrected chi connectivity index (χ1v) is 8.56. The maximum atomic E-state index is 12.8. The zero-order valence-corrected chi connectivity index (χ0v) is 14.6. The van der Waals surface area contributed by atoms with Gasteiger partial charge in [0.2, 0.25) is 5.91 Å². The smallest absolute Gasteiger partial charge is 0.337 e. The Morgan fingerprint density at radius 3 is 2.32 bits per heavy atom. The molecule has 2 aliphatic heterocycles. The van der Waals surface area contributed by atoms with Crippen molar-refractivity contribution in [1.29, 1.82) is 0 Å². The van der Waals surface area contributed by atoms with E-state index in [9.17, 15) is 14.4 Å². The van der Waals surface area contributed by atoms with Crippen molar-refractivity contribution in [3.8, 4) is 0 Å². The van der Waals surface area contributed by atoms with Crippen LogP contribution in [0.1, 0.15) is 23.7 Å². The number of hydrogen-bond donors (Lipinski definition) is 0. The number of nitrogens with zero attached hydrogens (tertiary/aromatic N) is 3. The van der Waals surface area contributed by atoms with Gasteiger partial charge in [0.25, 0.3) is 5.91 Å². The molecule has 7 heteroatoms. The van der Waals surface area contributed by atoms with E-state index in [4.69, 9.17) is 0 Å². The summed E-state index contributed by atoms with van der Waals surface area (Å²) in [6, 6.07) is 5.97. The molecule has 1 unspecified atom stereocenters. The van der Waals surface area contributed by atoms with Gasteiger partial charge in [-0.25, -0.2) is 9.69 Å². The monoisotopic (exact) mass is 345 g/mol. The predicted molar refractivity (Wildman–Crippen MR) is 92.4 cm³/mol. The number of esters is 1. The van der Waals surface area contributed by atoms with Crippen molar-refractivity contribution in [1.82, 2.24) is 9.80 Å². The molecule has 2 heterocycles. The number of benzene rings is 1. The van der Waals surface area contributed by atoms with Gasteiger partial charge in [-0.05, 0) is 30.8 Å². The average Bonchev–Trinajstić information content (AvgIpc) is 2.95. The van der Waals surface area contributed by atoms with E-state index in [1.165, 1.54) is 12.0 Å². The number of carbonyl (C=O) groups is 3. The Hall–Kier alpha value is -2.25. The molecule has 0 bridgehead atoms. The molecule has 2 fully saturated rings. The Labute approximate surface area is 147 Å². The second-order valence-corrected chi connectivity index (χ2v) is 6.30. The Balaban J connectivity index is 1.72. The molecule has 0 aliphatic carbocycles. The number of hydrogen-bond acceptors (Lipinski definition) is 6. The highest BCUT2D eigenvalue weighted by Gasteiger charge is 2.43. The van der Waals surface area contributed by atoms with Crippen LogP contribution in [0.15, 0.2) is 24.3 Å². The van der Waals surface area contributed by atoms with Crippen molar-refractivity contribution in [2.45, 2.75) is 19.4 Å². The van der Waals surface area contributed by atoms with Crippen molar-refractivity contribution in [3.63, 3.8) is 0 Å². The number of imide groups is 1. The van der Waals surface area contributed by atoms with Gasteiger partial charge in [-0.15, -0.1) is 0 Å². The number of ether oxygens (including phenoxy) is 1. The van der Waals surface area contributed by atoms with Gasteiger partial charge in [-0.2, -0.15) is 0 Å². The van der Waals surface area contributed by atoms with Crippen LogP contribution in [-0.4, -0.2) is 73.5 Å². The minimum atomic E-state index is -0.447. The Morgan fingerprint density at radius 1 is 1.12 bits per heavy atom. The molecule has 1 aromatic carbocycles. The summed E-state index contributed by atoms with van der Waals surface area (Å²) in [4.78, 5) is 42.4. The van der Waals surface area contributed by atoms with Gasteiger partial charge in [-0.3, -0.25) is 14.5 Å². The quantitative estimate of drug-likeness (QED) is 0.592. The SMILES string of the molecule is CCN1CCN(C2CC(=O)N(c3ccc(C(=O)OC)cc3)C2=O)CC1. The minimum Gasteiger partial charge on any atom is -0.465 e. The lowest BCUT2D eigenvalue weighted by Crippen LogP contribution is -2.52. The zero-order chi connectivity index (χ0) is 18.0. The van der Waals surface area contributed by atoms with Crippen LogP contribution in [0, 0.1) is 0 Å². The standard InChI is InChI=1S/C18H23N3O4/c1-3-19-8-10-20(11-9-19)15-12-16(22)21(17(15)23)14-6-4-13(5-7-14)18(24)25-2/h4-7,15H,3,8-12H2,1-2H3. The first-order chi connectivity index (χ1) is 12.0. The molecular formula is C18H23N3O4. The number of rotatable bonds is 4. The van der Waals surface area contributed by atoms with Crippen LogP contribution in [0.5, 0.6) is 0 Å². The van der Waals surface area contributed by atoms with Crippen molar-refractivity contribution in [2.24, 2.45) is 0 Å². The average molecular weight is 345 g/mol. The molecule has 0 aromatic heterocycles. The number of piperazine rings is 1. The van der Waals surface area contributed by atoms with Gasteiger partial charge >= 0.3 is 5.97 Å². The number of anilines is 1. The second kappa shape index (κ2) is 7.33. The predicted octanol–water partition coefficient (Wildman–Crippen LogP) is 0.743. The lowest BCUT2D eigenvalue weighted by Gasteiger charge is -2.36. The van der Waals surface area contributed by atoms with Gasteiger partial charge in [0, 0.05) is 26.2 Å². The molecule has 2 aliphatic rings. The fourth-order valence-corrected chi connectivity index (χ4v) is 3.43. The first kappa shape index (κ1) is 17.6. The van der Waals surface area contributed by atoms with E-state index in [-0.39, 0.29) is 24.3 Å². The molecular weight excluding hydrogens is 322 g/mol. The van der Waals surface area contributed by atoms with Crippen molar-refractivity contribution >= 4 is 23.5 Å². The van der Waals surface area contributed by atoms with Crippen molar-refractivity contribution in [3.05, 3.63) is 29.8 Å². The van der Waals surface area contributed by atoms with E-state index in [2.05, 4.69) is 21.5 Å². The van der Waals surface area contributed by atoms with Crippen LogP contribution in [0.3, 0.4) is 0 Å².